The Hall–Kier alpha value is -2.40. The summed E-state index contributed by atoms with van der Waals surface area (Å²) in [5, 5.41) is 5.80. The lowest BCUT2D eigenvalue weighted by atomic mass is 9.88. The molecule has 1 fully saturated rings. The van der Waals surface area contributed by atoms with E-state index in [1.165, 1.54) is 18.2 Å². The lowest BCUT2D eigenvalue weighted by molar-refractivity contribution is -0.120. The fourth-order valence-corrected chi connectivity index (χ4v) is 3.32. The fourth-order valence-electron chi connectivity index (χ4n) is 3.13. The van der Waals surface area contributed by atoms with Gasteiger partial charge in [-0.3, -0.25) is 9.59 Å². The molecule has 1 aliphatic rings. The van der Waals surface area contributed by atoms with E-state index in [9.17, 15) is 14.0 Å². The molecule has 26 heavy (non-hydrogen) atoms. The van der Waals surface area contributed by atoms with Crippen molar-refractivity contribution in [3.05, 3.63) is 58.9 Å². The minimum atomic E-state index is -0.532. The smallest absolute Gasteiger partial charge is 0.255 e. The Bertz CT molecular complexity index is 819. The Kier molecular flexibility index (Phi) is 5.89. The van der Waals surface area contributed by atoms with Gasteiger partial charge in [-0.1, -0.05) is 36.9 Å². The number of carbonyl (C=O) groups is 2. The fraction of sp³-hybridized carbons (Fsp3) is 0.300. The van der Waals surface area contributed by atoms with Gasteiger partial charge in [0.15, 0.2) is 0 Å². The Morgan fingerprint density at radius 2 is 1.77 bits per heavy atom. The highest BCUT2D eigenvalue weighted by atomic mass is 35.5. The molecule has 0 aliphatic heterocycles. The van der Waals surface area contributed by atoms with Crippen molar-refractivity contribution < 1.29 is 14.0 Å². The second-order valence-electron chi connectivity index (χ2n) is 6.48. The summed E-state index contributed by atoms with van der Waals surface area (Å²) in [6, 6.07) is 10.6. The molecule has 2 N–H and O–H groups in total. The molecule has 2 aromatic rings. The van der Waals surface area contributed by atoms with Crippen molar-refractivity contribution in [1.82, 2.24) is 0 Å². The maximum absolute atomic E-state index is 14.1. The first-order valence-corrected chi connectivity index (χ1v) is 9.08. The molecule has 2 aromatic carbocycles. The van der Waals surface area contributed by atoms with Crippen molar-refractivity contribution in [2.24, 2.45) is 5.92 Å². The van der Waals surface area contributed by atoms with Crippen LogP contribution in [0.1, 0.15) is 42.5 Å². The van der Waals surface area contributed by atoms with Crippen LogP contribution in [-0.2, 0) is 4.79 Å². The zero-order chi connectivity index (χ0) is 18.5. The summed E-state index contributed by atoms with van der Waals surface area (Å²) < 4.78 is 14.1. The van der Waals surface area contributed by atoms with Gasteiger partial charge >= 0.3 is 0 Å². The molecule has 0 unspecified atom stereocenters. The van der Waals surface area contributed by atoms with Crippen LogP contribution in [-0.4, -0.2) is 11.8 Å². The molecule has 4 nitrogen and oxygen atoms in total. The zero-order valence-electron chi connectivity index (χ0n) is 14.2. The average Bonchev–Trinajstić information content (AvgIpc) is 2.65. The van der Waals surface area contributed by atoms with E-state index in [4.69, 9.17) is 11.6 Å². The second-order valence-corrected chi connectivity index (χ2v) is 6.92. The molecule has 1 aliphatic carbocycles. The topological polar surface area (TPSA) is 58.2 Å². The van der Waals surface area contributed by atoms with Gasteiger partial charge in [-0.25, -0.2) is 4.39 Å². The van der Waals surface area contributed by atoms with Crippen molar-refractivity contribution in [3.63, 3.8) is 0 Å². The monoisotopic (exact) mass is 374 g/mol. The van der Waals surface area contributed by atoms with Gasteiger partial charge in [-0.15, -0.1) is 0 Å². The van der Waals surface area contributed by atoms with E-state index < -0.39 is 5.82 Å². The van der Waals surface area contributed by atoms with Gasteiger partial charge in [-0.05, 0) is 49.2 Å². The first kappa shape index (κ1) is 18.4. The number of anilines is 2. The molecule has 2 amide bonds. The number of rotatable bonds is 4. The van der Waals surface area contributed by atoms with Crippen LogP contribution in [0.2, 0.25) is 5.02 Å². The van der Waals surface area contributed by atoms with E-state index in [1.54, 1.807) is 24.3 Å². The third-order valence-electron chi connectivity index (χ3n) is 4.54. The standard InChI is InChI=1S/C20H20ClFN2O2/c21-15-8-4-7-14(11-15)20(26)23-16-9-10-17(22)18(12-16)24-19(25)13-5-2-1-3-6-13/h4,7-13H,1-3,5-6H2,(H,23,26)(H,24,25). The quantitative estimate of drug-likeness (QED) is 0.767. The van der Waals surface area contributed by atoms with E-state index in [1.807, 2.05) is 0 Å². The third kappa shape index (κ3) is 4.61. The van der Waals surface area contributed by atoms with Crippen LogP contribution in [0.25, 0.3) is 0 Å². The third-order valence-corrected chi connectivity index (χ3v) is 4.78. The van der Waals surface area contributed by atoms with E-state index in [2.05, 4.69) is 10.6 Å². The lowest BCUT2D eigenvalue weighted by Crippen LogP contribution is -2.25. The zero-order valence-corrected chi connectivity index (χ0v) is 15.0. The molecule has 0 aromatic heterocycles. The van der Waals surface area contributed by atoms with E-state index in [0.29, 0.717) is 16.3 Å². The minimum Gasteiger partial charge on any atom is -0.323 e. The Morgan fingerprint density at radius 1 is 1.00 bits per heavy atom. The highest BCUT2D eigenvalue weighted by Gasteiger charge is 2.22. The van der Waals surface area contributed by atoms with Crippen molar-refractivity contribution >= 4 is 34.8 Å². The van der Waals surface area contributed by atoms with Crippen molar-refractivity contribution in [2.45, 2.75) is 32.1 Å². The van der Waals surface area contributed by atoms with Gasteiger partial charge in [0.05, 0.1) is 5.69 Å². The highest BCUT2D eigenvalue weighted by Crippen LogP contribution is 2.26. The molecule has 136 valence electrons. The van der Waals surface area contributed by atoms with Crippen molar-refractivity contribution in [1.29, 1.82) is 0 Å². The molecule has 6 heteroatoms. The van der Waals surface area contributed by atoms with Crippen LogP contribution in [0, 0.1) is 11.7 Å². The SMILES string of the molecule is O=C(Nc1ccc(F)c(NC(=O)C2CCCCC2)c1)c1cccc(Cl)c1. The van der Waals surface area contributed by atoms with Crippen LogP contribution >= 0.6 is 11.6 Å². The molecule has 3 rings (SSSR count). The molecule has 0 spiro atoms. The summed E-state index contributed by atoms with van der Waals surface area (Å²) in [4.78, 5) is 24.6. The maximum atomic E-state index is 14.1. The van der Waals surface area contributed by atoms with Crippen LogP contribution in [0.5, 0.6) is 0 Å². The minimum absolute atomic E-state index is 0.0736. The number of benzene rings is 2. The summed E-state index contributed by atoms with van der Waals surface area (Å²) in [7, 11) is 0. The number of hydrogen-bond acceptors (Lipinski definition) is 2. The summed E-state index contributed by atoms with van der Waals surface area (Å²) in [5.41, 5.74) is 0.870. The molecule has 0 saturated heterocycles. The van der Waals surface area contributed by atoms with Crippen LogP contribution in [0.15, 0.2) is 42.5 Å². The molecular weight excluding hydrogens is 355 g/mol. The maximum Gasteiger partial charge on any atom is 0.255 e. The second kappa shape index (κ2) is 8.32. The Morgan fingerprint density at radius 3 is 2.50 bits per heavy atom. The van der Waals surface area contributed by atoms with Gasteiger partial charge in [0.2, 0.25) is 5.91 Å². The molecule has 1 saturated carbocycles. The predicted octanol–water partition coefficient (Wildman–Crippen LogP) is 5.25. The molecular formula is C20H20ClFN2O2. The van der Waals surface area contributed by atoms with Crippen LogP contribution in [0.3, 0.4) is 0 Å². The van der Waals surface area contributed by atoms with Crippen molar-refractivity contribution in [3.8, 4) is 0 Å². The Labute approximate surface area is 156 Å². The van der Waals surface area contributed by atoms with Gasteiger partial charge in [-0.2, -0.15) is 0 Å². The largest absolute Gasteiger partial charge is 0.323 e. The first-order valence-electron chi connectivity index (χ1n) is 8.70. The summed E-state index contributed by atoms with van der Waals surface area (Å²) in [5.74, 6) is -1.13. The van der Waals surface area contributed by atoms with Crippen LogP contribution < -0.4 is 10.6 Å². The number of nitrogens with one attached hydrogen (secondary N) is 2. The normalized spacial score (nSPS) is 14.7. The summed E-state index contributed by atoms with van der Waals surface area (Å²) in [6.45, 7) is 0. The Balaban J connectivity index is 1.70. The van der Waals surface area contributed by atoms with E-state index >= 15 is 0 Å². The predicted molar refractivity (Wildman–Crippen MR) is 101 cm³/mol. The van der Waals surface area contributed by atoms with Gasteiger partial charge in [0, 0.05) is 22.2 Å². The molecule has 0 radical (unpaired) electrons. The lowest BCUT2D eigenvalue weighted by Gasteiger charge is -2.21. The van der Waals surface area contributed by atoms with Crippen LogP contribution in [0.4, 0.5) is 15.8 Å². The first-order chi connectivity index (χ1) is 12.5. The summed E-state index contributed by atoms with van der Waals surface area (Å²) >= 11 is 5.89. The highest BCUT2D eigenvalue weighted by molar-refractivity contribution is 6.31. The molecule has 0 heterocycles. The van der Waals surface area contributed by atoms with Gasteiger partial charge < -0.3 is 10.6 Å². The average molecular weight is 375 g/mol. The van der Waals surface area contributed by atoms with Gasteiger partial charge in [0.25, 0.3) is 5.91 Å². The number of amides is 2. The number of hydrogen-bond donors (Lipinski definition) is 2. The summed E-state index contributed by atoms with van der Waals surface area (Å²) in [6.07, 6.45) is 4.85. The molecule has 0 atom stereocenters. The van der Waals surface area contributed by atoms with Gasteiger partial charge in [0.1, 0.15) is 5.82 Å². The van der Waals surface area contributed by atoms with Crippen molar-refractivity contribution in [2.75, 3.05) is 10.6 Å². The molecule has 0 bridgehead atoms. The van der Waals surface area contributed by atoms with E-state index in [-0.39, 0.29) is 23.4 Å². The number of carbonyl (C=O) groups excluding carboxylic acids is 2. The van der Waals surface area contributed by atoms with E-state index in [0.717, 1.165) is 32.1 Å². The number of halogens is 2.